The van der Waals surface area contributed by atoms with Crippen molar-refractivity contribution in [2.45, 2.75) is 175 Å². The maximum absolute atomic E-state index is 14.7. The molecular formula is C60H89N5O13. The largest absolute Gasteiger partial charge is 0.481 e. The summed E-state index contributed by atoms with van der Waals surface area (Å²) >= 11 is 0. The number of unbranched alkanes of at least 4 members (excludes halogenated alkanes) is 2. The van der Waals surface area contributed by atoms with E-state index in [2.05, 4.69) is 5.32 Å². The third kappa shape index (κ3) is 17.8. The van der Waals surface area contributed by atoms with Gasteiger partial charge in [-0.05, 0) is 66.5 Å². The van der Waals surface area contributed by atoms with Crippen LogP contribution in [0.1, 0.15) is 136 Å². The quantitative estimate of drug-likeness (QED) is 0.0542. The minimum absolute atomic E-state index is 0.0722. The summed E-state index contributed by atoms with van der Waals surface area (Å²) in [5.74, 6) is -5.48. The summed E-state index contributed by atoms with van der Waals surface area (Å²) in [5, 5.41) is 13.0. The third-order valence-electron chi connectivity index (χ3n) is 15.9. The average Bonchev–Trinajstić information content (AvgIpc) is 4.00. The van der Waals surface area contributed by atoms with Crippen molar-refractivity contribution in [1.29, 1.82) is 0 Å². The number of benzene rings is 2. The van der Waals surface area contributed by atoms with E-state index in [1.54, 1.807) is 56.7 Å². The van der Waals surface area contributed by atoms with Crippen LogP contribution in [0.25, 0.3) is 0 Å². The molecule has 432 valence electrons. The van der Waals surface area contributed by atoms with Crippen LogP contribution < -0.4 is 5.32 Å². The van der Waals surface area contributed by atoms with Crippen LogP contribution in [0.2, 0.25) is 0 Å². The second-order valence-electron chi connectivity index (χ2n) is 22.4. The number of Topliss-reactive ketones (excluding diaryl/α,β-unsaturated/α-hetero) is 2. The number of amides is 6. The molecule has 0 bridgehead atoms. The zero-order chi connectivity index (χ0) is 58.0. The number of carbonyl (C=O) groups excluding carboxylic acids is 8. The SMILES string of the molecule is CC[C@H](C)[C@@H]([C@@H](CC(=O)N1CCC[C@H]1[C@H](OC)[C@@H](C)C(=O)CC(Cc1ccccc1)C(=O)O)OC)N(C)C(=O)[C@@H](NC(=O)[C@H](C(C)C)N(C)C(=O)OCc1ccc(CC(=O)CCCCCN2C(=O)CC(C)C2=O)cc1)C(C)C. The second-order valence-corrected chi connectivity index (χ2v) is 22.4. The van der Waals surface area contributed by atoms with Gasteiger partial charge < -0.3 is 34.4 Å². The first-order valence-electron chi connectivity index (χ1n) is 28.0. The number of ether oxygens (including phenoxy) is 3. The smallest absolute Gasteiger partial charge is 0.410 e. The van der Waals surface area contributed by atoms with E-state index in [0.29, 0.717) is 57.2 Å². The number of rotatable bonds is 32. The van der Waals surface area contributed by atoms with Crippen LogP contribution in [0.5, 0.6) is 0 Å². The van der Waals surface area contributed by atoms with Crippen LogP contribution in [0.3, 0.4) is 0 Å². The first-order chi connectivity index (χ1) is 36.9. The minimum atomic E-state index is -1.06. The third-order valence-corrected chi connectivity index (χ3v) is 15.9. The molecule has 0 radical (unpaired) electrons. The number of likely N-dealkylation sites (tertiary alicyclic amines) is 2. The highest BCUT2D eigenvalue weighted by Gasteiger charge is 2.44. The van der Waals surface area contributed by atoms with E-state index < -0.39 is 72.1 Å². The summed E-state index contributed by atoms with van der Waals surface area (Å²) < 4.78 is 17.7. The van der Waals surface area contributed by atoms with E-state index in [0.717, 1.165) is 17.5 Å². The van der Waals surface area contributed by atoms with Gasteiger partial charge in [-0.3, -0.25) is 48.2 Å². The minimum Gasteiger partial charge on any atom is -0.481 e. The van der Waals surface area contributed by atoms with Gasteiger partial charge in [-0.25, -0.2) is 4.79 Å². The van der Waals surface area contributed by atoms with Gasteiger partial charge in [0.2, 0.25) is 29.5 Å². The van der Waals surface area contributed by atoms with E-state index in [4.69, 9.17) is 14.2 Å². The van der Waals surface area contributed by atoms with Crippen molar-refractivity contribution in [3.63, 3.8) is 0 Å². The molecule has 4 rings (SSSR count). The van der Waals surface area contributed by atoms with Crippen LogP contribution in [0, 0.1) is 35.5 Å². The molecule has 0 spiro atoms. The number of carboxylic acid groups (broad SMARTS) is 1. The number of carbonyl (C=O) groups is 9. The lowest BCUT2D eigenvalue weighted by atomic mass is 9.85. The van der Waals surface area contributed by atoms with Crippen molar-refractivity contribution in [2.24, 2.45) is 35.5 Å². The summed E-state index contributed by atoms with van der Waals surface area (Å²) in [5.41, 5.74) is 2.31. The molecule has 2 N–H and O–H groups in total. The van der Waals surface area contributed by atoms with Crippen molar-refractivity contribution >= 4 is 53.2 Å². The number of methoxy groups -OCH3 is 2. The van der Waals surface area contributed by atoms with Gasteiger partial charge in [-0.15, -0.1) is 0 Å². The van der Waals surface area contributed by atoms with Crippen LogP contribution in [0.15, 0.2) is 54.6 Å². The highest BCUT2D eigenvalue weighted by atomic mass is 16.6. The zero-order valence-electron chi connectivity index (χ0n) is 48.4. The molecule has 0 aliphatic carbocycles. The van der Waals surface area contributed by atoms with E-state index in [1.807, 2.05) is 70.2 Å². The molecule has 2 heterocycles. The lowest BCUT2D eigenvalue weighted by molar-refractivity contribution is -0.148. The Kier molecular flexibility index (Phi) is 25.6. The predicted molar refractivity (Wildman–Crippen MR) is 294 cm³/mol. The molecule has 2 aliphatic rings. The summed E-state index contributed by atoms with van der Waals surface area (Å²) in [6, 6.07) is 13.3. The van der Waals surface area contributed by atoms with Crippen LogP contribution in [-0.2, 0) is 72.0 Å². The Morgan fingerprint density at radius 2 is 1.46 bits per heavy atom. The fourth-order valence-corrected chi connectivity index (χ4v) is 11.1. The summed E-state index contributed by atoms with van der Waals surface area (Å²) in [6.45, 7) is 15.4. The predicted octanol–water partition coefficient (Wildman–Crippen LogP) is 7.31. The van der Waals surface area contributed by atoms with Crippen LogP contribution in [0.4, 0.5) is 4.79 Å². The lowest BCUT2D eigenvalue weighted by Gasteiger charge is -2.41. The van der Waals surface area contributed by atoms with Crippen LogP contribution >= 0.6 is 0 Å². The molecule has 18 heteroatoms. The number of aliphatic carboxylic acids is 1. The first kappa shape index (κ1) is 64.5. The first-order valence-corrected chi connectivity index (χ1v) is 28.0. The molecule has 0 saturated carbocycles. The van der Waals surface area contributed by atoms with Gasteiger partial charge in [0, 0.05) is 78.9 Å². The van der Waals surface area contributed by atoms with E-state index >= 15 is 0 Å². The molecule has 2 aliphatic heterocycles. The van der Waals surface area contributed by atoms with Crippen LogP contribution in [-0.4, -0.2) is 156 Å². The Morgan fingerprint density at radius 3 is 2.03 bits per heavy atom. The Hall–Kier alpha value is -6.01. The molecule has 10 atom stereocenters. The Balaban J connectivity index is 1.35. The summed E-state index contributed by atoms with van der Waals surface area (Å²) in [6.07, 6.45) is 2.57. The molecule has 2 unspecified atom stereocenters. The van der Waals surface area contributed by atoms with Crippen molar-refractivity contribution in [3.8, 4) is 0 Å². The molecule has 2 aromatic rings. The maximum Gasteiger partial charge on any atom is 0.410 e. The van der Waals surface area contributed by atoms with Gasteiger partial charge in [0.1, 0.15) is 30.3 Å². The number of hydrogen-bond donors (Lipinski definition) is 2. The normalized spacial score (nSPS) is 18.7. The zero-order valence-corrected chi connectivity index (χ0v) is 48.4. The van der Waals surface area contributed by atoms with Gasteiger partial charge >= 0.3 is 12.1 Å². The van der Waals surface area contributed by atoms with Gasteiger partial charge in [0.15, 0.2) is 0 Å². The van der Waals surface area contributed by atoms with Gasteiger partial charge in [-0.1, -0.05) is 123 Å². The number of carboxylic acids is 1. The lowest BCUT2D eigenvalue weighted by Crippen LogP contribution is -2.60. The number of likely N-dealkylation sites (N-methyl/N-ethyl adjacent to an activating group) is 2. The fraction of sp³-hybridized carbons (Fsp3) is 0.650. The van der Waals surface area contributed by atoms with Crippen molar-refractivity contribution < 1.29 is 62.5 Å². The van der Waals surface area contributed by atoms with Gasteiger partial charge in [0.25, 0.3) is 0 Å². The average molecular weight is 1090 g/mol. The van der Waals surface area contributed by atoms with E-state index in [9.17, 15) is 48.3 Å². The fourth-order valence-electron chi connectivity index (χ4n) is 11.1. The number of nitrogens with one attached hydrogen (secondary N) is 1. The number of ketones is 2. The Bertz CT molecular complexity index is 2340. The number of hydrogen-bond acceptors (Lipinski definition) is 12. The van der Waals surface area contributed by atoms with E-state index in [-0.39, 0.29) is 91.7 Å². The molecule has 2 saturated heterocycles. The number of imide groups is 1. The summed E-state index contributed by atoms with van der Waals surface area (Å²) in [7, 11) is 6.13. The van der Waals surface area contributed by atoms with Crippen molar-refractivity contribution in [2.75, 3.05) is 41.4 Å². The molecule has 2 fully saturated rings. The highest BCUT2D eigenvalue weighted by molar-refractivity contribution is 6.03. The molecule has 6 amide bonds. The molecular weight excluding hydrogens is 999 g/mol. The molecule has 2 aromatic carbocycles. The monoisotopic (exact) mass is 1090 g/mol. The summed E-state index contributed by atoms with van der Waals surface area (Å²) in [4.78, 5) is 126. The van der Waals surface area contributed by atoms with Crippen molar-refractivity contribution in [3.05, 3.63) is 71.3 Å². The Labute approximate surface area is 462 Å². The standard InChI is InChI=1S/C60H89N5O13/c1-13-39(6)54(49(76-11)35-51(69)64-30-20-24-47(64)55(77-12)41(8)48(67)34-45(59(73)74)32-42-21-16-14-17-22-42)62(9)58(72)52(37(2)3)61-56(70)53(38(4)5)63(10)60(75)78-36-44-27-25-43(26-28-44)33-46(66)23-18-15-19-29-65-50(68)31-40(7)57(65)71/h14,16-17,21-22,25-28,37-41,45,47,49,52-55H,13,15,18-20,23-24,29-36H2,1-12H3,(H,61,70)(H,73,74)/t39-,40?,41-,45?,47-,49+,52-,53-,54-,55+/m0/s1. The molecule has 18 nitrogen and oxygen atoms in total. The molecule has 78 heavy (non-hydrogen) atoms. The highest BCUT2D eigenvalue weighted by Crippen LogP contribution is 2.31. The molecule has 0 aromatic heterocycles. The van der Waals surface area contributed by atoms with Gasteiger partial charge in [0.05, 0.1) is 36.6 Å². The van der Waals surface area contributed by atoms with Gasteiger partial charge in [-0.2, -0.15) is 0 Å². The van der Waals surface area contributed by atoms with Crippen molar-refractivity contribution in [1.82, 2.24) is 24.9 Å². The maximum atomic E-state index is 14.7. The second kappa shape index (κ2) is 31.0. The van der Waals surface area contributed by atoms with E-state index in [1.165, 1.54) is 31.1 Å². The topological polar surface area (TPSA) is 227 Å². The number of nitrogens with zero attached hydrogens (tertiary/aromatic N) is 4. The Morgan fingerprint density at radius 1 is 0.808 bits per heavy atom.